The van der Waals surface area contributed by atoms with E-state index in [2.05, 4.69) is 24.8 Å². The van der Waals surface area contributed by atoms with E-state index in [9.17, 15) is 0 Å². The van der Waals surface area contributed by atoms with Crippen molar-refractivity contribution in [3.8, 4) is 0 Å². The predicted molar refractivity (Wildman–Crippen MR) is 66.4 cm³/mol. The quantitative estimate of drug-likeness (QED) is 0.759. The maximum atomic E-state index is 4.33. The molecule has 0 amide bonds. The normalized spacial score (nSPS) is 17.9. The third-order valence-corrected chi connectivity index (χ3v) is 2.76. The van der Waals surface area contributed by atoms with Crippen LogP contribution in [0.3, 0.4) is 0 Å². The van der Waals surface area contributed by atoms with Gasteiger partial charge in [-0.15, -0.1) is 0 Å². The van der Waals surface area contributed by atoms with Crippen LogP contribution in [0.1, 0.15) is 5.69 Å². The van der Waals surface area contributed by atoms with E-state index in [4.69, 9.17) is 0 Å². The second-order valence-electron chi connectivity index (χ2n) is 4.12. The minimum absolute atomic E-state index is 0.789. The van der Waals surface area contributed by atoms with Crippen molar-refractivity contribution >= 4 is 12.2 Å². The van der Waals surface area contributed by atoms with Gasteiger partial charge in [-0.2, -0.15) is 0 Å². The van der Waals surface area contributed by atoms with Crippen LogP contribution >= 0.6 is 0 Å². The Hall–Kier alpha value is -2.17. The summed E-state index contributed by atoms with van der Waals surface area (Å²) < 4.78 is 0. The van der Waals surface area contributed by atoms with Gasteiger partial charge in [0.1, 0.15) is 12.0 Å². The second-order valence-corrected chi connectivity index (χ2v) is 4.12. The second kappa shape index (κ2) is 4.01. The van der Waals surface area contributed by atoms with Gasteiger partial charge in [0.15, 0.2) is 5.84 Å². The van der Waals surface area contributed by atoms with Crippen molar-refractivity contribution in [1.29, 1.82) is 0 Å². The first kappa shape index (κ1) is 10.0. The van der Waals surface area contributed by atoms with E-state index in [1.165, 1.54) is 0 Å². The van der Waals surface area contributed by atoms with Gasteiger partial charge < -0.3 is 9.80 Å². The summed E-state index contributed by atoms with van der Waals surface area (Å²) >= 11 is 0. The molecule has 0 aromatic carbocycles. The van der Waals surface area contributed by atoms with E-state index in [0.717, 1.165) is 30.4 Å². The van der Waals surface area contributed by atoms with E-state index >= 15 is 0 Å². The highest BCUT2D eigenvalue weighted by Gasteiger charge is 2.22. The number of pyridine rings is 1. The fourth-order valence-corrected chi connectivity index (χ4v) is 2.00. The van der Waals surface area contributed by atoms with Crippen molar-refractivity contribution in [3.05, 3.63) is 42.0 Å². The number of hydrogen-bond donors (Lipinski definition) is 0. The highest BCUT2D eigenvalue weighted by molar-refractivity contribution is 6.06. The number of fused-ring (bicyclic) bond motifs is 1. The molecule has 2 aliphatic rings. The number of rotatable bonds is 2. The van der Waals surface area contributed by atoms with Crippen LogP contribution in [0.4, 0.5) is 0 Å². The van der Waals surface area contributed by atoms with Gasteiger partial charge in [-0.25, -0.2) is 9.98 Å². The van der Waals surface area contributed by atoms with Crippen molar-refractivity contribution in [2.45, 2.75) is 6.54 Å². The fraction of sp³-hybridized carbons (Fsp3) is 0.250. The molecule has 0 unspecified atom stereocenters. The Balaban J connectivity index is 1.80. The number of nitrogens with zero attached hydrogens (tertiary/aromatic N) is 5. The van der Waals surface area contributed by atoms with E-state index in [1.807, 2.05) is 37.6 Å². The zero-order valence-electron chi connectivity index (χ0n) is 9.61. The van der Waals surface area contributed by atoms with Crippen LogP contribution in [-0.2, 0) is 6.54 Å². The highest BCUT2D eigenvalue weighted by Crippen LogP contribution is 2.17. The lowest BCUT2D eigenvalue weighted by molar-refractivity contribution is 0.253. The average molecular weight is 227 g/mol. The molecule has 0 radical (unpaired) electrons. The molecular formula is C12H13N5. The number of aromatic nitrogens is 1. The van der Waals surface area contributed by atoms with Crippen LogP contribution in [0.2, 0.25) is 0 Å². The Morgan fingerprint density at radius 3 is 3.12 bits per heavy atom. The highest BCUT2D eigenvalue weighted by atomic mass is 15.4. The van der Waals surface area contributed by atoms with Gasteiger partial charge in [0.05, 0.1) is 18.9 Å². The predicted octanol–water partition coefficient (Wildman–Crippen LogP) is 1.07. The number of aliphatic imine (C=N–C) groups is 2. The fourth-order valence-electron chi connectivity index (χ4n) is 2.00. The van der Waals surface area contributed by atoms with E-state index in [-0.39, 0.29) is 0 Å². The van der Waals surface area contributed by atoms with Gasteiger partial charge in [0, 0.05) is 19.4 Å². The Bertz CT molecular complexity index is 503. The number of hydrogen-bond acceptors (Lipinski definition) is 5. The zero-order valence-corrected chi connectivity index (χ0v) is 9.61. The third-order valence-electron chi connectivity index (χ3n) is 2.76. The van der Waals surface area contributed by atoms with Gasteiger partial charge in [0.25, 0.3) is 0 Å². The van der Waals surface area contributed by atoms with Crippen LogP contribution < -0.4 is 0 Å². The maximum absolute atomic E-state index is 4.33. The third kappa shape index (κ3) is 1.91. The van der Waals surface area contributed by atoms with Crippen LogP contribution in [0.15, 0.2) is 46.3 Å². The minimum Gasteiger partial charge on any atom is -0.352 e. The summed E-state index contributed by atoms with van der Waals surface area (Å²) in [6, 6.07) is 5.96. The number of likely N-dealkylation sites (N-methyl/N-ethyl adjacent to an activating group) is 1. The minimum atomic E-state index is 0.789. The first-order valence-corrected chi connectivity index (χ1v) is 5.50. The van der Waals surface area contributed by atoms with Crippen LogP contribution in [0, 0.1) is 0 Å². The topological polar surface area (TPSA) is 44.1 Å². The molecule has 0 atom stereocenters. The summed E-state index contributed by atoms with van der Waals surface area (Å²) in [4.78, 5) is 17.0. The molecule has 0 saturated heterocycles. The van der Waals surface area contributed by atoms with Crippen molar-refractivity contribution in [2.24, 2.45) is 9.98 Å². The van der Waals surface area contributed by atoms with Crippen molar-refractivity contribution in [3.63, 3.8) is 0 Å². The van der Waals surface area contributed by atoms with Gasteiger partial charge in [-0.1, -0.05) is 6.07 Å². The summed E-state index contributed by atoms with van der Waals surface area (Å²) in [6.07, 6.45) is 5.45. The van der Waals surface area contributed by atoms with Crippen molar-refractivity contribution in [2.75, 3.05) is 13.7 Å². The molecule has 2 aliphatic heterocycles. The molecule has 3 heterocycles. The summed E-state index contributed by atoms with van der Waals surface area (Å²) in [5.41, 5.74) is 1.98. The first-order valence-electron chi connectivity index (χ1n) is 5.50. The largest absolute Gasteiger partial charge is 0.352 e. The molecule has 0 N–H and O–H groups in total. The van der Waals surface area contributed by atoms with Crippen LogP contribution in [-0.4, -0.2) is 40.7 Å². The molecule has 5 heteroatoms. The van der Waals surface area contributed by atoms with E-state index in [0.29, 0.717) is 0 Å². The molecule has 0 aliphatic carbocycles. The van der Waals surface area contributed by atoms with Crippen molar-refractivity contribution < 1.29 is 0 Å². The Morgan fingerprint density at radius 2 is 2.29 bits per heavy atom. The molecule has 1 aromatic heterocycles. The lowest BCUT2D eigenvalue weighted by Crippen LogP contribution is -2.40. The SMILES string of the molecule is CN1CN(Cc2ccccn2)C=C2N=CN=C21. The first-order chi connectivity index (χ1) is 8.33. The van der Waals surface area contributed by atoms with Crippen LogP contribution in [0.25, 0.3) is 0 Å². The summed E-state index contributed by atoms with van der Waals surface area (Å²) in [5, 5.41) is 0. The van der Waals surface area contributed by atoms with Gasteiger partial charge in [0.2, 0.25) is 0 Å². The summed E-state index contributed by atoms with van der Waals surface area (Å²) in [6.45, 7) is 1.60. The van der Waals surface area contributed by atoms with E-state index in [1.54, 1.807) is 6.34 Å². The van der Waals surface area contributed by atoms with Crippen LogP contribution in [0.5, 0.6) is 0 Å². The Kier molecular flexibility index (Phi) is 2.36. The average Bonchev–Trinajstić information content (AvgIpc) is 2.79. The van der Waals surface area contributed by atoms with Gasteiger partial charge in [-0.3, -0.25) is 4.98 Å². The zero-order chi connectivity index (χ0) is 11.7. The van der Waals surface area contributed by atoms with E-state index < -0.39 is 0 Å². The molecule has 1 aromatic rings. The molecule has 0 bridgehead atoms. The standard InChI is InChI=1S/C12H13N5/c1-16-9-17(6-10-4-2-3-5-13-10)7-11-12(16)15-8-14-11/h2-5,7-8H,6,9H2,1H3. The van der Waals surface area contributed by atoms with Gasteiger partial charge >= 0.3 is 0 Å². The Labute approximate surface area is 99.8 Å². The Morgan fingerprint density at radius 1 is 1.35 bits per heavy atom. The molecule has 0 spiro atoms. The molecule has 17 heavy (non-hydrogen) atoms. The summed E-state index contributed by atoms with van der Waals surface area (Å²) in [5.74, 6) is 0.947. The molecule has 0 saturated carbocycles. The lowest BCUT2D eigenvalue weighted by atomic mass is 10.3. The summed E-state index contributed by atoms with van der Waals surface area (Å²) in [7, 11) is 2.02. The molecule has 5 nitrogen and oxygen atoms in total. The molecule has 0 fully saturated rings. The monoisotopic (exact) mass is 227 g/mol. The molecule has 3 rings (SSSR count). The van der Waals surface area contributed by atoms with Crippen molar-refractivity contribution in [1.82, 2.24) is 14.8 Å². The molecular weight excluding hydrogens is 214 g/mol. The number of amidine groups is 1. The maximum Gasteiger partial charge on any atom is 0.159 e. The smallest absolute Gasteiger partial charge is 0.159 e. The lowest BCUT2D eigenvalue weighted by Gasteiger charge is -2.32. The molecule has 86 valence electrons. The van der Waals surface area contributed by atoms with Gasteiger partial charge in [-0.05, 0) is 12.1 Å².